The van der Waals surface area contributed by atoms with Gasteiger partial charge in [-0.05, 0) is 41.5 Å². The zero-order chi connectivity index (χ0) is 23.3. The van der Waals surface area contributed by atoms with E-state index in [1.807, 2.05) is 18.2 Å². The van der Waals surface area contributed by atoms with Crippen molar-refractivity contribution in [2.24, 2.45) is 0 Å². The van der Waals surface area contributed by atoms with Crippen LogP contribution in [-0.4, -0.2) is 27.0 Å². The minimum atomic E-state index is -3.89. The number of benzene rings is 3. The molecule has 2 amide bonds. The molecule has 170 valence electrons. The van der Waals surface area contributed by atoms with Crippen molar-refractivity contribution in [1.82, 2.24) is 15.6 Å². The molecule has 0 saturated carbocycles. The largest absolute Gasteiger partial charge is 0.454 e. The Bertz CT molecular complexity index is 1280. The van der Waals surface area contributed by atoms with Gasteiger partial charge in [0.05, 0.1) is 11.3 Å². The van der Waals surface area contributed by atoms with Crippen LogP contribution in [0.4, 0.5) is 0 Å². The zero-order valence-electron chi connectivity index (χ0n) is 17.4. The van der Waals surface area contributed by atoms with Gasteiger partial charge in [-0.15, -0.1) is 0 Å². The number of hydrazine groups is 1. The number of rotatable bonds is 7. The van der Waals surface area contributed by atoms with Gasteiger partial charge in [0.15, 0.2) is 11.5 Å². The van der Waals surface area contributed by atoms with Gasteiger partial charge in [0.1, 0.15) is 0 Å². The molecule has 10 heteroatoms. The summed E-state index contributed by atoms with van der Waals surface area (Å²) in [6.45, 7) is 0.164. The predicted octanol–water partition coefficient (Wildman–Crippen LogP) is 1.90. The molecule has 1 aliphatic heterocycles. The van der Waals surface area contributed by atoms with Crippen molar-refractivity contribution < 1.29 is 27.5 Å². The van der Waals surface area contributed by atoms with Crippen molar-refractivity contribution in [1.29, 1.82) is 0 Å². The number of hydrogen-bond acceptors (Lipinski definition) is 6. The second-order valence-corrected chi connectivity index (χ2v) is 8.97. The molecule has 0 bridgehead atoms. The second-order valence-electron chi connectivity index (χ2n) is 7.20. The smallest absolute Gasteiger partial charge is 0.269 e. The molecule has 0 aromatic heterocycles. The van der Waals surface area contributed by atoms with E-state index in [9.17, 15) is 18.0 Å². The van der Waals surface area contributed by atoms with E-state index in [1.54, 1.807) is 30.3 Å². The van der Waals surface area contributed by atoms with Gasteiger partial charge in [-0.3, -0.25) is 20.4 Å². The normalized spacial score (nSPS) is 12.2. The van der Waals surface area contributed by atoms with Gasteiger partial charge in [-0.2, -0.15) is 0 Å². The molecule has 1 aliphatic rings. The monoisotopic (exact) mass is 467 g/mol. The molecule has 4 rings (SSSR count). The number of sulfonamides is 1. The van der Waals surface area contributed by atoms with E-state index in [-0.39, 0.29) is 30.2 Å². The predicted molar refractivity (Wildman–Crippen MR) is 119 cm³/mol. The summed E-state index contributed by atoms with van der Waals surface area (Å²) in [7, 11) is -3.89. The summed E-state index contributed by atoms with van der Waals surface area (Å²) in [6, 6.07) is 19.7. The number of hydrogen-bond donors (Lipinski definition) is 3. The van der Waals surface area contributed by atoms with Crippen LogP contribution in [0.3, 0.4) is 0 Å². The zero-order valence-corrected chi connectivity index (χ0v) is 18.2. The van der Waals surface area contributed by atoms with Gasteiger partial charge in [-0.25, -0.2) is 13.1 Å². The van der Waals surface area contributed by atoms with Crippen molar-refractivity contribution in [2.75, 3.05) is 6.79 Å². The molecule has 3 N–H and O–H groups in total. The van der Waals surface area contributed by atoms with Gasteiger partial charge < -0.3 is 9.47 Å². The molecule has 0 fully saturated rings. The first-order chi connectivity index (χ1) is 15.9. The molecule has 0 radical (unpaired) electrons. The number of ether oxygens (including phenoxy) is 2. The van der Waals surface area contributed by atoms with E-state index in [4.69, 9.17) is 9.47 Å². The van der Waals surface area contributed by atoms with E-state index in [1.165, 1.54) is 24.3 Å². The van der Waals surface area contributed by atoms with Crippen molar-refractivity contribution in [3.05, 3.63) is 89.5 Å². The lowest BCUT2D eigenvalue weighted by Gasteiger charge is -2.10. The fourth-order valence-electron chi connectivity index (χ4n) is 3.14. The standard InChI is InChI=1S/C23H21N3O6S/c27-22(12-16-5-2-1-3-6-16)25-26-23(28)18-7-4-8-19(13-18)33(29,30)24-14-17-9-10-20-21(11-17)32-15-31-20/h1-11,13,24H,12,14-15H2,(H,25,27)(H,26,28). The Balaban J connectivity index is 1.35. The van der Waals surface area contributed by atoms with Crippen LogP contribution in [-0.2, 0) is 27.8 Å². The van der Waals surface area contributed by atoms with Crippen LogP contribution >= 0.6 is 0 Å². The molecular formula is C23H21N3O6S. The van der Waals surface area contributed by atoms with Crippen LogP contribution in [0.2, 0.25) is 0 Å². The molecule has 0 aliphatic carbocycles. The number of nitrogens with one attached hydrogen (secondary N) is 3. The van der Waals surface area contributed by atoms with Gasteiger partial charge in [0, 0.05) is 12.1 Å². The minimum absolute atomic E-state index is 0.0327. The fourth-order valence-corrected chi connectivity index (χ4v) is 4.20. The minimum Gasteiger partial charge on any atom is -0.454 e. The van der Waals surface area contributed by atoms with Crippen molar-refractivity contribution in [3.8, 4) is 11.5 Å². The number of carbonyl (C=O) groups excluding carboxylic acids is 2. The molecule has 0 spiro atoms. The van der Waals surface area contributed by atoms with Crippen LogP contribution < -0.4 is 25.0 Å². The highest BCUT2D eigenvalue weighted by atomic mass is 32.2. The first kappa shape index (κ1) is 22.3. The maximum atomic E-state index is 12.7. The number of fused-ring (bicyclic) bond motifs is 1. The topological polar surface area (TPSA) is 123 Å². The molecule has 1 heterocycles. The summed E-state index contributed by atoms with van der Waals surface area (Å²) in [5.74, 6) is 0.129. The Labute approximate surface area is 190 Å². The first-order valence-electron chi connectivity index (χ1n) is 10.0. The summed E-state index contributed by atoms with van der Waals surface area (Å²) in [5.41, 5.74) is 6.20. The van der Waals surface area contributed by atoms with Crippen molar-refractivity contribution in [3.63, 3.8) is 0 Å². The quantitative estimate of drug-likeness (QED) is 0.456. The SMILES string of the molecule is O=C(Cc1ccccc1)NNC(=O)c1cccc(S(=O)(=O)NCc2ccc3c(c2)OCO3)c1. The van der Waals surface area contributed by atoms with Gasteiger partial charge >= 0.3 is 0 Å². The Morgan fingerprint density at radius 3 is 2.42 bits per heavy atom. The highest BCUT2D eigenvalue weighted by Gasteiger charge is 2.18. The average molecular weight is 468 g/mol. The number of carbonyl (C=O) groups is 2. The Morgan fingerprint density at radius 2 is 1.61 bits per heavy atom. The maximum absolute atomic E-state index is 12.7. The van der Waals surface area contributed by atoms with Crippen molar-refractivity contribution in [2.45, 2.75) is 17.9 Å². The summed E-state index contributed by atoms with van der Waals surface area (Å²) < 4.78 is 38.5. The van der Waals surface area contributed by atoms with E-state index >= 15 is 0 Å². The van der Waals surface area contributed by atoms with E-state index in [0.717, 1.165) is 5.56 Å². The molecule has 0 atom stereocenters. The second kappa shape index (κ2) is 9.72. The Kier molecular flexibility index (Phi) is 6.57. The first-order valence-corrected chi connectivity index (χ1v) is 11.5. The molecule has 9 nitrogen and oxygen atoms in total. The Hall–Kier alpha value is -3.89. The van der Waals surface area contributed by atoms with Crippen LogP contribution in [0.1, 0.15) is 21.5 Å². The van der Waals surface area contributed by atoms with Crippen LogP contribution in [0.25, 0.3) is 0 Å². The number of amides is 2. The lowest BCUT2D eigenvalue weighted by atomic mass is 10.1. The molecule has 3 aromatic carbocycles. The van der Waals surface area contributed by atoms with Gasteiger partial charge in [0.25, 0.3) is 5.91 Å². The van der Waals surface area contributed by atoms with Crippen LogP contribution in [0, 0.1) is 0 Å². The lowest BCUT2D eigenvalue weighted by molar-refractivity contribution is -0.121. The van der Waals surface area contributed by atoms with Gasteiger partial charge in [-0.1, -0.05) is 42.5 Å². The third-order valence-corrected chi connectivity index (χ3v) is 6.23. The highest BCUT2D eigenvalue weighted by molar-refractivity contribution is 7.89. The molecule has 0 unspecified atom stereocenters. The molecule has 0 saturated heterocycles. The molecule has 3 aromatic rings. The van der Waals surface area contributed by atoms with E-state index in [2.05, 4.69) is 15.6 Å². The van der Waals surface area contributed by atoms with E-state index in [0.29, 0.717) is 17.1 Å². The summed E-state index contributed by atoms with van der Waals surface area (Å²) in [4.78, 5) is 24.3. The van der Waals surface area contributed by atoms with Gasteiger partial charge in [0.2, 0.25) is 22.7 Å². The fraction of sp³-hybridized carbons (Fsp3) is 0.130. The van der Waals surface area contributed by atoms with E-state index < -0.39 is 21.8 Å². The van der Waals surface area contributed by atoms with Crippen LogP contribution in [0.15, 0.2) is 77.7 Å². The molecule has 33 heavy (non-hydrogen) atoms. The lowest BCUT2D eigenvalue weighted by Crippen LogP contribution is -2.42. The third-order valence-electron chi connectivity index (χ3n) is 4.83. The highest BCUT2D eigenvalue weighted by Crippen LogP contribution is 2.32. The third kappa shape index (κ3) is 5.68. The van der Waals surface area contributed by atoms with Crippen LogP contribution in [0.5, 0.6) is 11.5 Å². The Morgan fingerprint density at radius 1 is 0.818 bits per heavy atom. The summed E-state index contributed by atoms with van der Waals surface area (Å²) >= 11 is 0. The summed E-state index contributed by atoms with van der Waals surface area (Å²) in [6.07, 6.45) is 0.0965. The maximum Gasteiger partial charge on any atom is 0.269 e. The average Bonchev–Trinajstić information content (AvgIpc) is 3.30. The molecular weight excluding hydrogens is 446 g/mol. The summed E-state index contributed by atoms with van der Waals surface area (Å²) in [5, 5.41) is 0. The van der Waals surface area contributed by atoms with Crippen molar-refractivity contribution >= 4 is 21.8 Å².